The van der Waals surface area contributed by atoms with Gasteiger partial charge in [0, 0.05) is 10.3 Å². The summed E-state index contributed by atoms with van der Waals surface area (Å²) in [6.45, 7) is 3.90. The number of thiophene rings is 1. The third-order valence-corrected chi connectivity index (χ3v) is 4.65. The van der Waals surface area contributed by atoms with Crippen LogP contribution in [0.15, 0.2) is 51.0 Å². The Hall–Kier alpha value is -2.73. The Kier molecular flexibility index (Phi) is 3.12. The molecule has 0 amide bonds. The van der Waals surface area contributed by atoms with Gasteiger partial charge in [0.15, 0.2) is 5.58 Å². The Morgan fingerprint density at radius 2 is 1.96 bits per heavy atom. The van der Waals surface area contributed by atoms with Crippen LogP contribution in [-0.2, 0) is 0 Å². The number of phenolic OH excluding ortho intramolecular Hbond substituents is 1. The molecule has 4 aromatic rings. The molecular formula is C17H13N3O2S. The highest BCUT2D eigenvalue weighted by Crippen LogP contribution is 2.41. The van der Waals surface area contributed by atoms with Crippen LogP contribution in [0.25, 0.3) is 21.2 Å². The van der Waals surface area contributed by atoms with Gasteiger partial charge < -0.3 is 9.52 Å². The van der Waals surface area contributed by atoms with Crippen molar-refractivity contribution in [1.82, 2.24) is 4.98 Å². The zero-order valence-electron chi connectivity index (χ0n) is 12.6. The fourth-order valence-corrected chi connectivity index (χ4v) is 3.60. The summed E-state index contributed by atoms with van der Waals surface area (Å²) in [5, 5.41) is 19.3. The van der Waals surface area contributed by atoms with Gasteiger partial charge >= 0.3 is 6.01 Å². The van der Waals surface area contributed by atoms with E-state index in [2.05, 4.69) is 15.2 Å². The Bertz CT molecular complexity index is 1030. The van der Waals surface area contributed by atoms with Gasteiger partial charge in [-0.2, -0.15) is 4.98 Å². The molecule has 0 radical (unpaired) electrons. The average Bonchev–Trinajstić information content (AvgIpc) is 3.10. The van der Waals surface area contributed by atoms with E-state index in [1.165, 1.54) is 0 Å². The highest BCUT2D eigenvalue weighted by molar-refractivity contribution is 7.19. The summed E-state index contributed by atoms with van der Waals surface area (Å²) >= 11 is 1.58. The Morgan fingerprint density at radius 3 is 2.78 bits per heavy atom. The molecule has 2 heterocycles. The molecule has 2 aromatic carbocycles. The zero-order valence-corrected chi connectivity index (χ0v) is 13.4. The zero-order chi connectivity index (χ0) is 16.0. The topological polar surface area (TPSA) is 71.0 Å². The van der Waals surface area contributed by atoms with Crippen molar-refractivity contribution in [2.45, 2.75) is 13.8 Å². The molecule has 2 aromatic heterocycles. The van der Waals surface area contributed by atoms with Gasteiger partial charge in [0.25, 0.3) is 0 Å². The molecule has 0 saturated carbocycles. The molecule has 0 aliphatic rings. The fourth-order valence-electron chi connectivity index (χ4n) is 2.53. The lowest BCUT2D eigenvalue weighted by molar-refractivity contribution is 0.481. The number of phenols is 1. The number of azo groups is 1. The first kappa shape index (κ1) is 13.9. The standard InChI is InChI=1S/C17H13N3O2S/c1-9-7-13(21)11-8-10(2)23-16(11)15(9)19-20-17-18-12-5-3-4-6-14(12)22-17/h3-8,21H,1-2H3. The molecule has 5 nitrogen and oxygen atoms in total. The van der Waals surface area contributed by atoms with E-state index >= 15 is 0 Å². The normalized spacial score (nSPS) is 11.9. The maximum atomic E-state index is 10.1. The van der Waals surface area contributed by atoms with E-state index in [4.69, 9.17) is 4.42 Å². The summed E-state index contributed by atoms with van der Waals surface area (Å²) in [6.07, 6.45) is 0. The van der Waals surface area contributed by atoms with E-state index in [9.17, 15) is 5.11 Å². The SMILES string of the molecule is Cc1cc2c(O)cc(C)c(N=Nc3nc4ccccc4o3)c2s1. The van der Waals surface area contributed by atoms with Crippen molar-refractivity contribution in [1.29, 1.82) is 0 Å². The Labute approximate surface area is 135 Å². The number of fused-ring (bicyclic) bond motifs is 2. The maximum Gasteiger partial charge on any atom is 0.341 e. The molecule has 114 valence electrons. The van der Waals surface area contributed by atoms with Crippen molar-refractivity contribution < 1.29 is 9.52 Å². The van der Waals surface area contributed by atoms with Crippen molar-refractivity contribution in [3.05, 3.63) is 46.8 Å². The van der Waals surface area contributed by atoms with E-state index in [0.29, 0.717) is 5.58 Å². The molecule has 23 heavy (non-hydrogen) atoms. The van der Waals surface area contributed by atoms with Gasteiger partial charge in [-0.25, -0.2) is 0 Å². The lowest BCUT2D eigenvalue weighted by Crippen LogP contribution is -1.76. The number of aryl methyl sites for hydroxylation is 2. The first-order valence-electron chi connectivity index (χ1n) is 7.12. The Balaban J connectivity index is 1.83. The average molecular weight is 323 g/mol. The van der Waals surface area contributed by atoms with Crippen LogP contribution in [0.3, 0.4) is 0 Å². The first-order chi connectivity index (χ1) is 11.1. The molecule has 1 N–H and O–H groups in total. The van der Waals surface area contributed by atoms with Crippen molar-refractivity contribution in [2.24, 2.45) is 10.2 Å². The van der Waals surface area contributed by atoms with Crippen LogP contribution in [0.4, 0.5) is 11.7 Å². The number of aromatic hydroxyl groups is 1. The van der Waals surface area contributed by atoms with Crippen LogP contribution in [0.5, 0.6) is 5.75 Å². The minimum Gasteiger partial charge on any atom is -0.507 e. The van der Waals surface area contributed by atoms with Crippen LogP contribution in [0, 0.1) is 13.8 Å². The maximum absolute atomic E-state index is 10.1. The monoisotopic (exact) mass is 323 g/mol. The van der Waals surface area contributed by atoms with Gasteiger partial charge in [-0.15, -0.1) is 16.5 Å². The second-order valence-electron chi connectivity index (χ2n) is 5.33. The van der Waals surface area contributed by atoms with E-state index < -0.39 is 0 Å². The van der Waals surface area contributed by atoms with Crippen LogP contribution < -0.4 is 0 Å². The van der Waals surface area contributed by atoms with Gasteiger partial charge in [0.1, 0.15) is 17.0 Å². The number of rotatable bonds is 2. The number of aromatic nitrogens is 1. The minimum absolute atomic E-state index is 0.222. The van der Waals surface area contributed by atoms with Gasteiger partial charge in [-0.1, -0.05) is 17.2 Å². The highest BCUT2D eigenvalue weighted by Gasteiger charge is 2.12. The molecule has 0 atom stereocenters. The molecule has 0 aliphatic heterocycles. The summed E-state index contributed by atoms with van der Waals surface area (Å²) in [6, 6.07) is 11.4. The van der Waals surface area contributed by atoms with E-state index in [1.807, 2.05) is 44.2 Å². The lowest BCUT2D eigenvalue weighted by Gasteiger charge is -2.02. The number of nitrogens with zero attached hydrogens (tertiary/aromatic N) is 3. The lowest BCUT2D eigenvalue weighted by atomic mass is 10.1. The molecule has 4 rings (SSSR count). The molecule has 0 spiro atoms. The second-order valence-corrected chi connectivity index (χ2v) is 6.58. The number of benzene rings is 2. The van der Waals surface area contributed by atoms with Crippen molar-refractivity contribution in [3.8, 4) is 5.75 Å². The van der Waals surface area contributed by atoms with E-state index in [-0.39, 0.29) is 11.8 Å². The first-order valence-corrected chi connectivity index (χ1v) is 7.93. The van der Waals surface area contributed by atoms with E-state index in [1.54, 1.807) is 17.4 Å². The van der Waals surface area contributed by atoms with Crippen LogP contribution in [0.1, 0.15) is 10.4 Å². The summed E-state index contributed by atoms with van der Waals surface area (Å²) in [7, 11) is 0. The predicted molar refractivity (Wildman–Crippen MR) is 91.1 cm³/mol. The molecule has 0 bridgehead atoms. The summed E-state index contributed by atoms with van der Waals surface area (Å²) < 4.78 is 6.47. The molecular weight excluding hydrogens is 310 g/mol. The molecule has 0 unspecified atom stereocenters. The molecule has 0 aliphatic carbocycles. The predicted octanol–water partition coefficient (Wildman–Crippen LogP) is 5.78. The molecule has 0 fully saturated rings. The highest BCUT2D eigenvalue weighted by atomic mass is 32.1. The van der Waals surface area contributed by atoms with Gasteiger partial charge in [-0.05, 0) is 43.7 Å². The van der Waals surface area contributed by atoms with Gasteiger partial charge in [0.05, 0.1) is 4.70 Å². The third-order valence-electron chi connectivity index (χ3n) is 3.59. The minimum atomic E-state index is 0.222. The van der Waals surface area contributed by atoms with Crippen molar-refractivity contribution in [2.75, 3.05) is 0 Å². The van der Waals surface area contributed by atoms with Crippen molar-refractivity contribution >= 4 is 44.2 Å². The fraction of sp³-hybridized carbons (Fsp3) is 0.118. The van der Waals surface area contributed by atoms with Crippen LogP contribution in [0.2, 0.25) is 0 Å². The summed E-state index contributed by atoms with van der Waals surface area (Å²) in [5.41, 5.74) is 3.02. The number of hydrogen-bond acceptors (Lipinski definition) is 6. The van der Waals surface area contributed by atoms with Crippen LogP contribution >= 0.6 is 11.3 Å². The quantitative estimate of drug-likeness (QED) is 0.475. The number of para-hydroxylation sites is 2. The number of oxazole rings is 1. The van der Waals surface area contributed by atoms with Crippen LogP contribution in [-0.4, -0.2) is 10.1 Å². The Morgan fingerprint density at radius 1 is 1.13 bits per heavy atom. The number of hydrogen-bond donors (Lipinski definition) is 1. The third kappa shape index (κ3) is 2.37. The second kappa shape index (κ2) is 5.17. The molecule has 0 saturated heterocycles. The summed E-state index contributed by atoms with van der Waals surface area (Å²) in [5.74, 6) is 0.266. The van der Waals surface area contributed by atoms with Gasteiger partial charge in [0.2, 0.25) is 0 Å². The molecule has 6 heteroatoms. The van der Waals surface area contributed by atoms with Crippen molar-refractivity contribution in [3.63, 3.8) is 0 Å². The summed E-state index contributed by atoms with van der Waals surface area (Å²) in [4.78, 5) is 5.40. The smallest absolute Gasteiger partial charge is 0.341 e. The van der Waals surface area contributed by atoms with Gasteiger partial charge in [-0.3, -0.25) is 0 Å². The van der Waals surface area contributed by atoms with E-state index in [0.717, 1.165) is 31.7 Å². The largest absolute Gasteiger partial charge is 0.507 e.